The average molecular weight is 460 g/mol. The van der Waals surface area contributed by atoms with Crippen molar-refractivity contribution in [2.24, 2.45) is 0 Å². The number of hydrogen-bond acceptors (Lipinski definition) is 5. The second kappa shape index (κ2) is 7.91. The van der Waals surface area contributed by atoms with E-state index in [1.807, 2.05) is 13.0 Å². The van der Waals surface area contributed by atoms with Crippen molar-refractivity contribution in [1.29, 1.82) is 0 Å². The van der Waals surface area contributed by atoms with Gasteiger partial charge < -0.3 is 9.84 Å². The first kappa shape index (κ1) is 21.3. The van der Waals surface area contributed by atoms with Crippen molar-refractivity contribution in [2.75, 3.05) is 6.61 Å². The molecule has 1 aliphatic rings. The van der Waals surface area contributed by atoms with E-state index < -0.39 is 0 Å². The fourth-order valence-electron chi connectivity index (χ4n) is 5.11. The van der Waals surface area contributed by atoms with Crippen LogP contribution in [-0.4, -0.2) is 26.7 Å². The molecule has 1 aromatic heterocycles. The Hall–Kier alpha value is -4.25. The minimum absolute atomic E-state index is 0.115. The number of benzene rings is 4. The number of aromatic hydroxyl groups is 1. The van der Waals surface area contributed by atoms with E-state index in [-0.39, 0.29) is 17.2 Å². The monoisotopic (exact) mass is 459 g/mol. The molecular weight excluding hydrogens is 434 g/mol. The van der Waals surface area contributed by atoms with Gasteiger partial charge in [-0.05, 0) is 58.1 Å². The molecule has 0 fully saturated rings. The maximum atomic E-state index is 10.4. The van der Waals surface area contributed by atoms with Crippen LogP contribution >= 0.6 is 0 Å². The summed E-state index contributed by atoms with van der Waals surface area (Å²) in [5.74, 6) is 1.01. The third kappa shape index (κ3) is 3.35. The predicted octanol–water partition coefficient (Wildman–Crippen LogP) is 6.77. The van der Waals surface area contributed by atoms with Crippen molar-refractivity contribution < 1.29 is 9.84 Å². The lowest BCUT2D eigenvalue weighted by atomic mass is 9.81. The van der Waals surface area contributed by atoms with Gasteiger partial charge in [0.1, 0.15) is 5.75 Å². The third-order valence-corrected chi connectivity index (χ3v) is 6.86. The van der Waals surface area contributed by atoms with E-state index in [0.717, 1.165) is 5.56 Å². The summed E-state index contributed by atoms with van der Waals surface area (Å²) in [4.78, 5) is 13.8. The Morgan fingerprint density at radius 1 is 0.771 bits per heavy atom. The Morgan fingerprint density at radius 3 is 2.37 bits per heavy atom. The summed E-state index contributed by atoms with van der Waals surface area (Å²) in [7, 11) is 0. The van der Waals surface area contributed by atoms with Crippen LogP contribution in [0, 0.1) is 0 Å². The van der Waals surface area contributed by atoms with Crippen molar-refractivity contribution in [3.63, 3.8) is 0 Å². The zero-order chi connectivity index (χ0) is 24.2. The number of rotatable bonds is 4. The number of aromatic nitrogens is 3. The molecule has 35 heavy (non-hydrogen) atoms. The largest absolute Gasteiger partial charge is 0.507 e. The molecule has 1 N–H and O–H groups in total. The van der Waals surface area contributed by atoms with Gasteiger partial charge in [-0.15, -0.1) is 0 Å². The third-order valence-electron chi connectivity index (χ3n) is 6.86. The number of hydrogen-bond donors (Lipinski definition) is 1. The fourth-order valence-corrected chi connectivity index (χ4v) is 5.11. The number of para-hydroxylation sites is 1. The highest BCUT2D eigenvalue weighted by Crippen LogP contribution is 2.52. The van der Waals surface area contributed by atoms with Gasteiger partial charge in [0.15, 0.2) is 11.6 Å². The van der Waals surface area contributed by atoms with Gasteiger partial charge >= 0.3 is 6.01 Å². The predicted molar refractivity (Wildman–Crippen MR) is 139 cm³/mol. The van der Waals surface area contributed by atoms with Gasteiger partial charge in [-0.2, -0.15) is 9.97 Å². The van der Waals surface area contributed by atoms with Gasteiger partial charge in [0.25, 0.3) is 0 Å². The molecule has 0 spiro atoms. The highest BCUT2D eigenvalue weighted by atomic mass is 16.5. The first-order chi connectivity index (χ1) is 17.0. The standard InChI is InChI=1S/C30H25N3O2/c1-4-35-29-32-27(31-28(33-29)22-11-7-8-12-25(22)34)19-13-15-21-24(17-19)30(2,3)23-16-14-18-9-5-6-10-20(18)26(21)23/h5-17,34H,4H2,1-3H3. The van der Waals surface area contributed by atoms with Crippen LogP contribution in [0.1, 0.15) is 31.9 Å². The zero-order valence-corrected chi connectivity index (χ0v) is 19.9. The van der Waals surface area contributed by atoms with Crippen molar-refractivity contribution >= 4 is 10.8 Å². The first-order valence-corrected chi connectivity index (χ1v) is 11.8. The molecule has 172 valence electrons. The topological polar surface area (TPSA) is 68.1 Å². The van der Waals surface area contributed by atoms with Gasteiger partial charge in [0, 0.05) is 11.0 Å². The van der Waals surface area contributed by atoms with Crippen LogP contribution < -0.4 is 4.74 Å². The number of fused-ring (bicyclic) bond motifs is 5. The number of phenolic OH excluding ortho intramolecular Hbond substituents is 1. The maximum Gasteiger partial charge on any atom is 0.320 e. The highest BCUT2D eigenvalue weighted by molar-refractivity contribution is 6.02. The van der Waals surface area contributed by atoms with Crippen molar-refractivity contribution in [1.82, 2.24) is 15.0 Å². The SMILES string of the molecule is CCOc1nc(-c2ccc3c(c2)C(C)(C)c2ccc4ccccc4c2-3)nc(-c2ccccc2O)n1. The van der Waals surface area contributed by atoms with Crippen LogP contribution in [0.3, 0.4) is 0 Å². The Morgan fingerprint density at radius 2 is 1.54 bits per heavy atom. The quantitative estimate of drug-likeness (QED) is 0.321. The van der Waals surface area contributed by atoms with Gasteiger partial charge in [0.05, 0.1) is 12.2 Å². The summed E-state index contributed by atoms with van der Waals surface area (Å²) >= 11 is 0. The molecule has 5 heteroatoms. The summed E-state index contributed by atoms with van der Waals surface area (Å²) in [5.41, 5.74) is 6.36. The molecule has 5 nitrogen and oxygen atoms in total. The van der Waals surface area contributed by atoms with Crippen LogP contribution in [0.25, 0.3) is 44.7 Å². The molecular formula is C30H25N3O2. The molecule has 0 amide bonds. The minimum atomic E-state index is -0.166. The van der Waals surface area contributed by atoms with Gasteiger partial charge in [-0.3, -0.25) is 0 Å². The van der Waals surface area contributed by atoms with Crippen molar-refractivity contribution in [3.8, 4) is 45.7 Å². The van der Waals surface area contributed by atoms with E-state index in [0.29, 0.717) is 23.8 Å². The summed E-state index contributed by atoms with van der Waals surface area (Å²) in [5, 5.41) is 12.9. The van der Waals surface area contributed by atoms with Crippen LogP contribution in [0.15, 0.2) is 78.9 Å². The summed E-state index contributed by atoms with van der Waals surface area (Å²) in [6, 6.07) is 26.7. The van der Waals surface area contributed by atoms with Crippen molar-refractivity contribution in [2.45, 2.75) is 26.2 Å². The van der Waals surface area contributed by atoms with E-state index in [1.54, 1.807) is 18.2 Å². The number of phenols is 1. The van der Waals surface area contributed by atoms with Crippen LogP contribution in [0.2, 0.25) is 0 Å². The zero-order valence-electron chi connectivity index (χ0n) is 19.9. The lowest BCUT2D eigenvalue weighted by molar-refractivity contribution is 0.312. The maximum absolute atomic E-state index is 10.4. The van der Waals surface area contributed by atoms with E-state index in [4.69, 9.17) is 9.72 Å². The molecule has 0 radical (unpaired) electrons. The normalized spacial score (nSPS) is 13.5. The molecule has 0 atom stereocenters. The molecule has 0 saturated heterocycles. The average Bonchev–Trinajstić information content (AvgIpc) is 3.11. The van der Waals surface area contributed by atoms with E-state index in [2.05, 4.69) is 78.4 Å². The van der Waals surface area contributed by atoms with E-state index in [9.17, 15) is 5.11 Å². The highest BCUT2D eigenvalue weighted by Gasteiger charge is 2.36. The van der Waals surface area contributed by atoms with Crippen LogP contribution in [0.5, 0.6) is 11.8 Å². The fraction of sp³-hybridized carbons (Fsp3) is 0.167. The smallest absolute Gasteiger partial charge is 0.320 e. The Labute approximate surface area is 204 Å². The second-order valence-electron chi connectivity index (χ2n) is 9.31. The Bertz CT molecular complexity index is 1610. The summed E-state index contributed by atoms with van der Waals surface area (Å²) in [6.07, 6.45) is 0. The molecule has 4 aromatic carbocycles. The molecule has 0 saturated carbocycles. The van der Waals surface area contributed by atoms with Gasteiger partial charge in [-0.25, -0.2) is 4.98 Å². The lowest BCUT2D eigenvalue weighted by Crippen LogP contribution is -2.15. The lowest BCUT2D eigenvalue weighted by Gasteiger charge is -2.22. The second-order valence-corrected chi connectivity index (χ2v) is 9.31. The minimum Gasteiger partial charge on any atom is -0.507 e. The Balaban J connectivity index is 1.54. The van der Waals surface area contributed by atoms with Crippen molar-refractivity contribution in [3.05, 3.63) is 90.0 Å². The van der Waals surface area contributed by atoms with Gasteiger partial charge in [-0.1, -0.05) is 74.5 Å². The van der Waals surface area contributed by atoms with Crippen LogP contribution in [-0.2, 0) is 5.41 Å². The van der Waals surface area contributed by atoms with Crippen LogP contribution in [0.4, 0.5) is 0 Å². The molecule has 1 heterocycles. The van der Waals surface area contributed by atoms with E-state index >= 15 is 0 Å². The molecule has 0 aliphatic heterocycles. The van der Waals surface area contributed by atoms with E-state index in [1.165, 1.54) is 33.0 Å². The first-order valence-electron chi connectivity index (χ1n) is 11.8. The molecule has 1 aliphatic carbocycles. The number of nitrogens with zero attached hydrogens (tertiary/aromatic N) is 3. The molecule has 6 rings (SSSR count). The van der Waals surface area contributed by atoms with Gasteiger partial charge in [0.2, 0.25) is 0 Å². The number of ether oxygens (including phenoxy) is 1. The molecule has 0 unspecified atom stereocenters. The summed E-state index contributed by atoms with van der Waals surface area (Å²) in [6.45, 7) is 6.86. The molecule has 0 bridgehead atoms. The molecule has 5 aromatic rings. The summed E-state index contributed by atoms with van der Waals surface area (Å²) < 4.78 is 5.66. The Kier molecular flexibility index (Phi) is 4.81.